The molecular weight excluding hydrogens is 712 g/mol. The molecule has 0 N–H and O–H groups in total. The van der Waals surface area contributed by atoms with Crippen LogP contribution in [0.1, 0.15) is 30.9 Å². The van der Waals surface area contributed by atoms with Gasteiger partial charge >= 0.3 is 0 Å². The minimum absolute atomic E-state index is 0. The Hall–Kier alpha value is -4.44. The summed E-state index contributed by atoms with van der Waals surface area (Å²) < 4.78 is 21.0. The number of hydrogen-bond donors (Lipinski definition) is 0. The predicted molar refractivity (Wildman–Crippen MR) is 169 cm³/mol. The van der Waals surface area contributed by atoms with E-state index in [9.17, 15) is 4.39 Å². The van der Waals surface area contributed by atoms with Gasteiger partial charge in [0.25, 0.3) is 0 Å². The summed E-state index contributed by atoms with van der Waals surface area (Å²) in [4.78, 5) is 8.82. The number of aryl methyl sites for hydroxylation is 1. The fourth-order valence-electron chi connectivity index (χ4n) is 5.02. The molecule has 0 aliphatic rings. The van der Waals surface area contributed by atoms with Crippen LogP contribution in [-0.2, 0) is 20.1 Å². The van der Waals surface area contributed by atoms with Crippen molar-refractivity contribution in [1.29, 1.82) is 0 Å². The maximum Gasteiger partial charge on any atom is 0.134 e. The molecule has 4 aromatic carbocycles. The van der Waals surface area contributed by atoms with Crippen molar-refractivity contribution in [3.63, 3.8) is 0 Å². The second-order valence-corrected chi connectivity index (χ2v) is 10.5. The molecule has 0 atom stereocenters. The van der Waals surface area contributed by atoms with Crippen LogP contribution in [0.3, 0.4) is 0 Å². The average molecular weight is 741 g/mol. The topological polar surface area (TPSA) is 38.9 Å². The first-order valence-corrected chi connectivity index (χ1v) is 14.0. The van der Waals surface area contributed by atoms with Crippen LogP contribution in [0.15, 0.2) is 120 Å². The van der Waals surface area contributed by atoms with Crippen LogP contribution in [0.5, 0.6) is 0 Å². The molecule has 7 rings (SSSR count). The second kappa shape index (κ2) is 13.2. The molecule has 0 fully saturated rings. The van der Waals surface area contributed by atoms with Crippen LogP contribution in [0.4, 0.5) is 4.39 Å². The molecule has 43 heavy (non-hydrogen) atoms. The van der Waals surface area contributed by atoms with Crippen molar-refractivity contribution in [3.8, 4) is 33.6 Å². The SMILES string of the molecule is CC(C)c1ccnc(-c2[c-]cccc2)c1.Cc1ccnc(-c2[c-]ccc3c2oc2c(-c4ccccc4)c(F)ccc23)c1.[Ir]. The van der Waals surface area contributed by atoms with Gasteiger partial charge < -0.3 is 14.4 Å². The van der Waals surface area contributed by atoms with E-state index in [2.05, 4.69) is 48.1 Å². The maximum atomic E-state index is 14.7. The van der Waals surface area contributed by atoms with E-state index in [-0.39, 0.29) is 25.9 Å². The zero-order chi connectivity index (χ0) is 29.1. The van der Waals surface area contributed by atoms with Gasteiger partial charge in [0.05, 0.1) is 11.1 Å². The first-order chi connectivity index (χ1) is 20.5. The largest absolute Gasteiger partial charge is 0.500 e. The van der Waals surface area contributed by atoms with Crippen LogP contribution >= 0.6 is 0 Å². The van der Waals surface area contributed by atoms with Gasteiger partial charge in [-0.25, -0.2) is 4.39 Å². The zero-order valence-corrected chi connectivity index (χ0v) is 26.5. The van der Waals surface area contributed by atoms with Crippen LogP contribution < -0.4 is 0 Å². The molecule has 0 saturated carbocycles. The third-order valence-corrected chi connectivity index (χ3v) is 7.22. The van der Waals surface area contributed by atoms with Crippen molar-refractivity contribution in [2.75, 3.05) is 0 Å². The smallest absolute Gasteiger partial charge is 0.134 e. The number of halogens is 1. The normalized spacial score (nSPS) is 10.8. The fraction of sp³-hybridized carbons (Fsp3) is 0.105. The molecule has 0 amide bonds. The first kappa shape index (κ1) is 30.0. The van der Waals surface area contributed by atoms with Crippen molar-refractivity contribution >= 4 is 21.9 Å². The molecule has 215 valence electrons. The number of benzene rings is 4. The van der Waals surface area contributed by atoms with Gasteiger partial charge in [-0.05, 0) is 54.1 Å². The second-order valence-electron chi connectivity index (χ2n) is 10.5. The quantitative estimate of drug-likeness (QED) is 0.169. The number of aromatic nitrogens is 2. The van der Waals surface area contributed by atoms with Gasteiger partial charge in [-0.15, -0.1) is 54.1 Å². The standard InChI is InChI=1S/C24H15FNO.C14H14N.Ir/c1-15-12-13-26-21(14-15)19-9-5-8-17-18-10-11-20(25)22(24(18)27-23(17)19)16-6-3-2-4-7-16;1-11(2)13-8-9-15-14(10-13)12-6-4-3-5-7-12;/h2-8,10-14H,1H3;3-6,8-11H,1-2H3;/q2*-1;. The summed E-state index contributed by atoms with van der Waals surface area (Å²) in [6.45, 7) is 6.40. The van der Waals surface area contributed by atoms with Crippen LogP contribution in [0, 0.1) is 24.9 Å². The Bertz CT molecular complexity index is 1990. The molecule has 0 aliphatic carbocycles. The Morgan fingerprint density at radius 3 is 2.21 bits per heavy atom. The van der Waals surface area contributed by atoms with Gasteiger partial charge in [-0.1, -0.05) is 78.4 Å². The van der Waals surface area contributed by atoms with Crippen molar-refractivity contribution in [2.24, 2.45) is 0 Å². The summed E-state index contributed by atoms with van der Waals surface area (Å²) in [7, 11) is 0. The van der Waals surface area contributed by atoms with Crippen LogP contribution in [0.25, 0.3) is 55.6 Å². The number of fused-ring (bicyclic) bond motifs is 3. The van der Waals surface area contributed by atoms with E-state index in [1.54, 1.807) is 12.3 Å². The summed E-state index contributed by atoms with van der Waals surface area (Å²) in [6, 6.07) is 39.1. The molecule has 3 nitrogen and oxygen atoms in total. The van der Waals surface area contributed by atoms with Gasteiger partial charge in [0, 0.05) is 37.9 Å². The molecule has 1 radical (unpaired) electrons. The predicted octanol–water partition coefficient (Wildman–Crippen LogP) is 10.2. The monoisotopic (exact) mass is 741 g/mol. The fourth-order valence-corrected chi connectivity index (χ4v) is 5.02. The Labute approximate surface area is 264 Å². The molecule has 7 aromatic rings. The van der Waals surface area contributed by atoms with Gasteiger partial charge in [0.2, 0.25) is 0 Å². The van der Waals surface area contributed by atoms with Crippen LogP contribution in [-0.4, -0.2) is 9.97 Å². The molecule has 0 spiro atoms. The molecular formula is C38H29FIrN2O-2. The third-order valence-electron chi connectivity index (χ3n) is 7.22. The Morgan fingerprint density at radius 1 is 0.721 bits per heavy atom. The first-order valence-electron chi connectivity index (χ1n) is 14.0. The van der Waals surface area contributed by atoms with E-state index in [4.69, 9.17) is 4.42 Å². The minimum atomic E-state index is -0.299. The summed E-state index contributed by atoms with van der Waals surface area (Å²) in [5.74, 6) is 0.238. The van der Waals surface area contributed by atoms with Crippen molar-refractivity contribution in [2.45, 2.75) is 26.7 Å². The van der Waals surface area contributed by atoms with Crippen molar-refractivity contribution < 1.29 is 28.9 Å². The molecule has 0 saturated heterocycles. The maximum absolute atomic E-state index is 14.7. The average Bonchev–Trinajstić information content (AvgIpc) is 3.41. The van der Waals surface area contributed by atoms with Crippen LogP contribution in [0.2, 0.25) is 0 Å². The van der Waals surface area contributed by atoms with Gasteiger partial charge in [0.1, 0.15) is 11.4 Å². The van der Waals surface area contributed by atoms with E-state index in [1.165, 1.54) is 11.6 Å². The Morgan fingerprint density at radius 2 is 1.47 bits per heavy atom. The molecule has 3 aromatic heterocycles. The van der Waals surface area contributed by atoms with Gasteiger partial charge in [-0.3, -0.25) is 0 Å². The number of rotatable bonds is 4. The van der Waals surface area contributed by atoms with Gasteiger partial charge in [0.15, 0.2) is 0 Å². The summed E-state index contributed by atoms with van der Waals surface area (Å²) in [5.41, 5.74) is 8.55. The molecule has 0 bridgehead atoms. The Kier molecular flexibility index (Phi) is 9.25. The van der Waals surface area contributed by atoms with E-state index in [1.807, 2.05) is 92.0 Å². The molecule has 5 heteroatoms. The van der Waals surface area contributed by atoms with Crippen molar-refractivity contribution in [3.05, 3.63) is 145 Å². The minimum Gasteiger partial charge on any atom is -0.500 e. The molecule has 0 unspecified atom stereocenters. The van der Waals surface area contributed by atoms with E-state index in [0.29, 0.717) is 22.6 Å². The number of nitrogens with zero attached hydrogens (tertiary/aromatic N) is 2. The number of hydrogen-bond acceptors (Lipinski definition) is 3. The molecule has 0 aliphatic heterocycles. The number of pyridine rings is 2. The zero-order valence-electron chi connectivity index (χ0n) is 24.1. The summed E-state index contributed by atoms with van der Waals surface area (Å²) >= 11 is 0. The third kappa shape index (κ3) is 6.34. The van der Waals surface area contributed by atoms with E-state index in [0.717, 1.165) is 44.4 Å². The summed E-state index contributed by atoms with van der Waals surface area (Å²) in [6.07, 6.45) is 3.64. The van der Waals surface area contributed by atoms with E-state index >= 15 is 0 Å². The van der Waals surface area contributed by atoms with Gasteiger partial charge in [-0.2, -0.15) is 0 Å². The molecule has 3 heterocycles. The number of furan rings is 1. The summed E-state index contributed by atoms with van der Waals surface area (Å²) in [5, 5.41) is 1.81. The van der Waals surface area contributed by atoms with E-state index < -0.39 is 0 Å². The van der Waals surface area contributed by atoms with Crippen molar-refractivity contribution in [1.82, 2.24) is 9.97 Å². The Balaban J connectivity index is 0.000000197.